The van der Waals surface area contributed by atoms with Crippen LogP contribution in [0.5, 0.6) is 23.0 Å². The van der Waals surface area contributed by atoms with Crippen LogP contribution in [0.15, 0.2) is 24.3 Å². The molecule has 2 aromatic carbocycles. The van der Waals surface area contributed by atoms with Gasteiger partial charge >= 0.3 is 0 Å². The largest absolute Gasteiger partial charge is 0.493 e. The van der Waals surface area contributed by atoms with Crippen molar-refractivity contribution in [2.45, 2.75) is 310 Å². The van der Waals surface area contributed by atoms with Crippen molar-refractivity contribution in [2.24, 2.45) is 0 Å². The number of hydrogen-bond acceptors (Lipinski definition) is 4. The van der Waals surface area contributed by atoms with E-state index in [1.165, 1.54) is 244 Å². The first-order valence-corrected chi connectivity index (χ1v) is 32.1. The van der Waals surface area contributed by atoms with Crippen molar-refractivity contribution in [2.75, 3.05) is 26.4 Å². The van der Waals surface area contributed by atoms with Crippen molar-refractivity contribution < 1.29 is 18.9 Å². The van der Waals surface area contributed by atoms with Gasteiger partial charge in [-0.2, -0.15) is 0 Å². The lowest BCUT2D eigenvalue weighted by Crippen LogP contribution is -2.04. The SMILES string of the molecule is C#Cc1cc(OCCCCCCCC)c(/C=C/c2cc(OCCCCCCCCCCCCCCCCCC)c(C#C)cc2OCCCCCCCCCCCCCCCCCC)cc1OCCCCCCCC. The average molecular weight is 1020 g/mol. The summed E-state index contributed by atoms with van der Waals surface area (Å²) in [6.07, 6.45) is 74.2. The lowest BCUT2D eigenvalue weighted by Gasteiger charge is -2.16. The number of hydrogen-bond donors (Lipinski definition) is 0. The van der Waals surface area contributed by atoms with Gasteiger partial charge in [0.15, 0.2) is 0 Å². The van der Waals surface area contributed by atoms with Gasteiger partial charge in [0.25, 0.3) is 0 Å². The van der Waals surface area contributed by atoms with Crippen LogP contribution in [0.4, 0.5) is 0 Å². The van der Waals surface area contributed by atoms with E-state index in [1.807, 2.05) is 12.1 Å². The average Bonchev–Trinajstić information content (AvgIpc) is 3.41. The zero-order valence-electron chi connectivity index (χ0n) is 49.2. The Kier molecular flexibility index (Phi) is 45.3. The molecule has 0 aliphatic carbocycles. The number of benzene rings is 2. The third kappa shape index (κ3) is 35.7. The fourth-order valence-corrected chi connectivity index (χ4v) is 10.1. The normalized spacial score (nSPS) is 11.3. The van der Waals surface area contributed by atoms with Crippen molar-refractivity contribution in [3.8, 4) is 47.7 Å². The maximum absolute atomic E-state index is 6.61. The molecule has 0 aliphatic heterocycles. The molecule has 2 rings (SSSR count). The molecule has 2 aromatic rings. The summed E-state index contributed by atoms with van der Waals surface area (Å²) in [5, 5.41) is 0. The predicted octanol–water partition coefficient (Wildman–Crippen LogP) is 22.6. The minimum atomic E-state index is 0.646. The smallest absolute Gasteiger partial charge is 0.135 e. The summed E-state index contributed by atoms with van der Waals surface area (Å²) in [4.78, 5) is 0. The molecule has 0 bridgehead atoms. The van der Waals surface area contributed by atoms with E-state index in [1.54, 1.807) is 0 Å². The van der Waals surface area contributed by atoms with E-state index in [0.29, 0.717) is 26.4 Å². The first kappa shape index (κ1) is 66.6. The molecule has 4 heteroatoms. The Balaban J connectivity index is 2.09. The monoisotopic (exact) mass is 1020 g/mol. The summed E-state index contributed by atoms with van der Waals surface area (Å²) >= 11 is 0. The van der Waals surface area contributed by atoms with Gasteiger partial charge in [-0.3, -0.25) is 0 Å². The molecule has 0 fully saturated rings. The Labute approximate surface area is 459 Å². The lowest BCUT2D eigenvalue weighted by atomic mass is 10.0. The van der Waals surface area contributed by atoms with Crippen LogP contribution in [0.25, 0.3) is 12.2 Å². The minimum Gasteiger partial charge on any atom is -0.493 e. The Morgan fingerprint density at radius 2 is 0.459 bits per heavy atom. The first-order chi connectivity index (χ1) is 36.6. The van der Waals surface area contributed by atoms with Crippen molar-refractivity contribution >= 4 is 12.2 Å². The molecule has 0 aliphatic rings. The Morgan fingerprint density at radius 1 is 0.270 bits per heavy atom. The molecular formula is C70H116O4. The third-order valence-electron chi connectivity index (χ3n) is 15.0. The van der Waals surface area contributed by atoms with Crippen LogP contribution in [0.1, 0.15) is 332 Å². The van der Waals surface area contributed by atoms with Gasteiger partial charge in [0.1, 0.15) is 23.0 Å². The predicted molar refractivity (Wildman–Crippen MR) is 326 cm³/mol. The lowest BCUT2D eigenvalue weighted by molar-refractivity contribution is 0.295. The van der Waals surface area contributed by atoms with Gasteiger partial charge in [-0.25, -0.2) is 0 Å². The van der Waals surface area contributed by atoms with Crippen LogP contribution in [0.2, 0.25) is 0 Å². The van der Waals surface area contributed by atoms with Crippen molar-refractivity contribution in [1.29, 1.82) is 0 Å². The van der Waals surface area contributed by atoms with Crippen LogP contribution < -0.4 is 18.9 Å². The molecule has 420 valence electrons. The van der Waals surface area contributed by atoms with E-state index in [0.717, 1.165) is 83.8 Å². The zero-order chi connectivity index (χ0) is 53.0. The Morgan fingerprint density at radius 3 is 0.662 bits per heavy atom. The maximum atomic E-state index is 6.61. The fourth-order valence-electron chi connectivity index (χ4n) is 10.1. The van der Waals surface area contributed by atoms with Crippen molar-refractivity contribution in [3.63, 3.8) is 0 Å². The maximum Gasteiger partial charge on any atom is 0.135 e. The van der Waals surface area contributed by atoms with Gasteiger partial charge in [-0.1, -0.05) is 309 Å². The Bertz CT molecular complexity index is 1690. The van der Waals surface area contributed by atoms with Crippen LogP contribution >= 0.6 is 0 Å². The molecule has 0 aromatic heterocycles. The summed E-state index contributed by atoms with van der Waals surface area (Å²) in [7, 11) is 0. The van der Waals surface area contributed by atoms with Gasteiger partial charge in [0, 0.05) is 23.3 Å². The van der Waals surface area contributed by atoms with Gasteiger partial charge < -0.3 is 18.9 Å². The van der Waals surface area contributed by atoms with Gasteiger partial charge in [-0.05, 0) is 37.8 Å². The zero-order valence-corrected chi connectivity index (χ0v) is 49.2. The number of rotatable bonds is 54. The fraction of sp³-hybridized carbons (Fsp3) is 0.743. The molecule has 0 spiro atoms. The molecule has 4 nitrogen and oxygen atoms in total. The van der Waals surface area contributed by atoms with Crippen LogP contribution in [-0.2, 0) is 0 Å². The summed E-state index contributed by atoms with van der Waals surface area (Å²) in [5.41, 5.74) is 3.36. The molecule has 0 saturated carbocycles. The second-order valence-electron chi connectivity index (χ2n) is 21.9. The van der Waals surface area contributed by atoms with E-state index in [9.17, 15) is 0 Å². The highest BCUT2D eigenvalue weighted by Gasteiger charge is 2.14. The summed E-state index contributed by atoms with van der Waals surface area (Å²) in [6, 6.07) is 8.17. The topological polar surface area (TPSA) is 36.9 Å². The van der Waals surface area contributed by atoms with Gasteiger partial charge in [0.05, 0.1) is 37.6 Å². The highest BCUT2D eigenvalue weighted by molar-refractivity contribution is 5.78. The highest BCUT2D eigenvalue weighted by Crippen LogP contribution is 2.35. The molecule has 74 heavy (non-hydrogen) atoms. The molecule has 0 amide bonds. The van der Waals surface area contributed by atoms with E-state index < -0.39 is 0 Å². The number of terminal acetylenes is 2. The summed E-state index contributed by atoms with van der Waals surface area (Å²) in [6.45, 7) is 11.7. The number of ether oxygens (including phenoxy) is 4. The minimum absolute atomic E-state index is 0.646. The summed E-state index contributed by atoms with van der Waals surface area (Å²) in [5.74, 6) is 8.88. The van der Waals surface area contributed by atoms with E-state index in [-0.39, 0.29) is 0 Å². The third-order valence-corrected chi connectivity index (χ3v) is 15.0. The highest BCUT2D eigenvalue weighted by atomic mass is 16.5. The Hall–Kier alpha value is -3.50. The molecule has 0 atom stereocenters. The first-order valence-electron chi connectivity index (χ1n) is 32.1. The molecular weight excluding hydrogens is 905 g/mol. The van der Waals surface area contributed by atoms with E-state index in [4.69, 9.17) is 31.8 Å². The van der Waals surface area contributed by atoms with Crippen LogP contribution in [0, 0.1) is 24.7 Å². The van der Waals surface area contributed by atoms with E-state index >= 15 is 0 Å². The van der Waals surface area contributed by atoms with Crippen molar-refractivity contribution in [3.05, 3.63) is 46.5 Å². The quantitative estimate of drug-likeness (QED) is 0.0376. The molecule has 0 heterocycles. The van der Waals surface area contributed by atoms with E-state index in [2.05, 4.69) is 63.8 Å². The standard InChI is InChI=1S/C70H116O4/c1-7-13-17-21-25-27-29-31-33-35-37-39-41-43-47-51-56-72-68-62-66(70(60-64(68)12-6)74-58-52-48-44-42-40-38-36-34-32-30-28-26-22-18-14-8-2)54-53-65-61-67(71-55-49-45-23-19-15-9-3)63(11-5)59-69(65)73-57-50-46-24-20-16-10-4/h5-6,53-54,59-62H,7-10,13-52,55-58H2,1-4H3/b54-53+. The van der Waals surface area contributed by atoms with Crippen LogP contribution in [-0.4, -0.2) is 26.4 Å². The number of unbranched alkanes of at least 4 members (excludes halogenated alkanes) is 40. The molecule has 0 N–H and O–H groups in total. The second-order valence-corrected chi connectivity index (χ2v) is 21.9. The second kappa shape index (κ2) is 50.3. The van der Waals surface area contributed by atoms with Crippen molar-refractivity contribution in [1.82, 2.24) is 0 Å². The molecule has 0 saturated heterocycles. The van der Waals surface area contributed by atoms with Gasteiger partial charge in [0.2, 0.25) is 0 Å². The van der Waals surface area contributed by atoms with Gasteiger partial charge in [-0.15, -0.1) is 12.8 Å². The molecule has 0 radical (unpaired) electrons. The van der Waals surface area contributed by atoms with Crippen LogP contribution in [0.3, 0.4) is 0 Å². The summed E-state index contributed by atoms with van der Waals surface area (Å²) < 4.78 is 26.0. The molecule has 0 unspecified atom stereocenters.